The normalized spacial score (nSPS) is 17.2. The molecule has 1 heterocycles. The van der Waals surface area contributed by atoms with Gasteiger partial charge in [-0.1, -0.05) is 56.3 Å². The van der Waals surface area contributed by atoms with Crippen LogP contribution in [0.4, 0.5) is 10.1 Å². The zero-order valence-corrected chi connectivity index (χ0v) is 20.6. The van der Waals surface area contributed by atoms with E-state index in [4.69, 9.17) is 17.3 Å². The highest BCUT2D eigenvalue weighted by atomic mass is 35.5. The molecule has 3 rings (SSSR count). The molecule has 1 aliphatic heterocycles. The van der Waals surface area contributed by atoms with Gasteiger partial charge in [0.25, 0.3) is 5.91 Å². The van der Waals surface area contributed by atoms with Gasteiger partial charge in [0.15, 0.2) is 9.84 Å². The Hall–Kier alpha value is -2.49. The Bertz CT molecular complexity index is 1160. The van der Waals surface area contributed by atoms with E-state index in [1.807, 2.05) is 0 Å². The van der Waals surface area contributed by atoms with Gasteiger partial charge in [-0.3, -0.25) is 9.59 Å². The minimum Gasteiger partial charge on any atom is -0.352 e. The van der Waals surface area contributed by atoms with Crippen LogP contribution in [0.2, 0.25) is 5.02 Å². The molecule has 2 aromatic carbocycles. The van der Waals surface area contributed by atoms with Crippen LogP contribution >= 0.6 is 11.6 Å². The highest BCUT2D eigenvalue weighted by Crippen LogP contribution is 2.34. The fourth-order valence-electron chi connectivity index (χ4n) is 3.86. The molecule has 3 N–H and O–H groups in total. The number of hydrogen-bond acceptors (Lipinski definition) is 5. The van der Waals surface area contributed by atoms with Gasteiger partial charge in [-0.25, -0.2) is 12.8 Å². The van der Waals surface area contributed by atoms with Gasteiger partial charge in [0.05, 0.1) is 34.5 Å². The minimum atomic E-state index is -4.07. The summed E-state index contributed by atoms with van der Waals surface area (Å²) in [6.45, 7) is 2.46. The maximum Gasteiger partial charge on any atom is 0.254 e. The van der Waals surface area contributed by atoms with Gasteiger partial charge < -0.3 is 16.0 Å². The monoisotopic (exact) mass is 509 g/mol. The molecule has 2 amide bonds. The molecule has 34 heavy (non-hydrogen) atoms. The topological polar surface area (TPSA) is 110 Å². The molecule has 2 aromatic rings. The van der Waals surface area contributed by atoms with E-state index in [1.165, 1.54) is 4.90 Å². The van der Waals surface area contributed by atoms with Crippen molar-refractivity contribution in [2.24, 2.45) is 5.73 Å². The number of nitrogens with two attached hydrogens (primary N) is 1. The highest BCUT2D eigenvalue weighted by molar-refractivity contribution is 7.91. The van der Waals surface area contributed by atoms with Crippen molar-refractivity contribution < 1.29 is 22.4 Å². The second kappa shape index (κ2) is 11.3. The van der Waals surface area contributed by atoms with Gasteiger partial charge in [-0.15, -0.1) is 0 Å². The second-order valence-electron chi connectivity index (χ2n) is 8.41. The van der Waals surface area contributed by atoms with Crippen LogP contribution in [0.3, 0.4) is 0 Å². The van der Waals surface area contributed by atoms with E-state index in [0.29, 0.717) is 17.1 Å². The van der Waals surface area contributed by atoms with Crippen molar-refractivity contribution in [3.8, 4) is 0 Å². The Balaban J connectivity index is 1.95. The Morgan fingerprint density at radius 3 is 2.53 bits per heavy atom. The molecule has 0 unspecified atom stereocenters. The van der Waals surface area contributed by atoms with Crippen molar-refractivity contribution in [2.45, 2.75) is 56.5 Å². The van der Waals surface area contributed by atoms with Crippen LogP contribution in [0.5, 0.6) is 0 Å². The number of carbonyl (C=O) groups excluding carboxylic acids is 2. The van der Waals surface area contributed by atoms with Gasteiger partial charge in [-0.05, 0) is 36.2 Å². The van der Waals surface area contributed by atoms with E-state index >= 15 is 0 Å². The largest absolute Gasteiger partial charge is 0.352 e. The predicted octanol–water partition coefficient (Wildman–Crippen LogP) is 3.83. The number of carbonyl (C=O) groups is 2. The summed E-state index contributed by atoms with van der Waals surface area (Å²) in [5, 5.41) is 3.18. The Morgan fingerprint density at radius 2 is 1.85 bits per heavy atom. The summed E-state index contributed by atoms with van der Waals surface area (Å²) in [7, 11) is -4.07. The third-order valence-electron chi connectivity index (χ3n) is 5.72. The SMILES string of the molecule is CCCCCCCNC(=O)c1cc2c(cc1F)S(=O)(=O)C[C@H](N)C(=O)N2Cc1ccc(Cl)cc1. The number of anilines is 1. The van der Waals surface area contributed by atoms with Gasteiger partial charge in [0, 0.05) is 11.6 Å². The second-order valence-corrected chi connectivity index (χ2v) is 10.8. The number of halogens is 2. The Labute approximate surface area is 204 Å². The molecule has 0 saturated carbocycles. The third kappa shape index (κ3) is 6.14. The molecule has 7 nitrogen and oxygen atoms in total. The van der Waals surface area contributed by atoms with E-state index < -0.39 is 39.3 Å². The van der Waals surface area contributed by atoms with Crippen molar-refractivity contribution in [1.82, 2.24) is 5.32 Å². The fourth-order valence-corrected chi connectivity index (χ4v) is 5.55. The lowest BCUT2D eigenvalue weighted by atomic mass is 10.1. The first-order valence-electron chi connectivity index (χ1n) is 11.3. The summed E-state index contributed by atoms with van der Waals surface area (Å²) in [6.07, 6.45) is 4.97. The fraction of sp³-hybridized carbons (Fsp3) is 0.417. The van der Waals surface area contributed by atoms with E-state index in [0.717, 1.165) is 44.2 Å². The Morgan fingerprint density at radius 1 is 1.18 bits per heavy atom. The van der Waals surface area contributed by atoms with E-state index in [-0.39, 0.29) is 22.7 Å². The third-order valence-corrected chi connectivity index (χ3v) is 7.77. The standard InChI is InChI=1S/C24H29ClFN3O4S/c1-2-3-4-5-6-11-28-23(30)18-12-21-22(13-19(18)26)34(32,33)15-20(27)24(31)29(21)14-16-7-9-17(25)10-8-16/h7-10,12-13,20H,2-6,11,14-15,27H2,1H3,(H,28,30)/t20-/m0/s1. The van der Waals surface area contributed by atoms with Crippen LogP contribution in [-0.4, -0.2) is 38.6 Å². The minimum absolute atomic E-state index is 0.0175. The Kier molecular flexibility index (Phi) is 8.67. The van der Waals surface area contributed by atoms with Crippen LogP contribution in [-0.2, 0) is 21.2 Å². The molecule has 0 bridgehead atoms. The molecular weight excluding hydrogens is 481 g/mol. The van der Waals surface area contributed by atoms with Crippen molar-refractivity contribution >= 4 is 38.9 Å². The number of sulfone groups is 1. The number of nitrogens with zero attached hydrogens (tertiary/aromatic N) is 1. The van der Waals surface area contributed by atoms with E-state index in [1.54, 1.807) is 24.3 Å². The lowest BCUT2D eigenvalue weighted by molar-refractivity contribution is -0.119. The lowest BCUT2D eigenvalue weighted by Crippen LogP contribution is -2.45. The van der Waals surface area contributed by atoms with Crippen LogP contribution in [0.15, 0.2) is 41.3 Å². The maximum absolute atomic E-state index is 14.9. The van der Waals surface area contributed by atoms with Crippen LogP contribution in [0.25, 0.3) is 0 Å². The number of hydrogen-bond donors (Lipinski definition) is 2. The summed E-state index contributed by atoms with van der Waals surface area (Å²) >= 11 is 5.93. The molecule has 0 aliphatic carbocycles. The quantitative estimate of drug-likeness (QED) is 0.499. The maximum atomic E-state index is 14.9. The molecule has 0 radical (unpaired) electrons. The number of nitrogens with one attached hydrogen (secondary N) is 1. The first-order valence-corrected chi connectivity index (χ1v) is 13.3. The van der Waals surface area contributed by atoms with Crippen molar-refractivity contribution in [2.75, 3.05) is 17.2 Å². The molecule has 0 aromatic heterocycles. The molecule has 1 atom stereocenters. The lowest BCUT2D eigenvalue weighted by Gasteiger charge is -2.25. The molecule has 0 saturated heterocycles. The van der Waals surface area contributed by atoms with Crippen molar-refractivity contribution in [3.63, 3.8) is 0 Å². The summed E-state index contributed by atoms with van der Waals surface area (Å²) in [5.41, 5.74) is 6.16. The summed E-state index contributed by atoms with van der Waals surface area (Å²) in [4.78, 5) is 26.6. The molecule has 0 spiro atoms. The first kappa shape index (κ1) is 26.1. The molecule has 184 valence electrons. The number of amides is 2. The van der Waals surface area contributed by atoms with E-state index in [9.17, 15) is 22.4 Å². The number of unbranched alkanes of at least 4 members (excludes halogenated alkanes) is 4. The summed E-state index contributed by atoms with van der Waals surface area (Å²) in [6, 6.07) is 7.27. The van der Waals surface area contributed by atoms with Gasteiger partial charge in [0.2, 0.25) is 5.91 Å². The zero-order chi connectivity index (χ0) is 24.9. The van der Waals surface area contributed by atoms with Crippen molar-refractivity contribution in [3.05, 3.63) is 58.4 Å². The van der Waals surface area contributed by atoms with Gasteiger partial charge in [-0.2, -0.15) is 0 Å². The smallest absolute Gasteiger partial charge is 0.254 e. The molecular formula is C24H29ClFN3O4S. The van der Waals surface area contributed by atoms with Crippen LogP contribution in [0, 0.1) is 5.82 Å². The van der Waals surface area contributed by atoms with Gasteiger partial charge in [0.1, 0.15) is 5.82 Å². The summed E-state index contributed by atoms with van der Waals surface area (Å²) in [5.74, 6) is -2.93. The van der Waals surface area contributed by atoms with Crippen LogP contribution in [0.1, 0.15) is 54.9 Å². The number of fused-ring (bicyclic) bond motifs is 1. The molecule has 10 heteroatoms. The average molecular weight is 510 g/mol. The number of benzene rings is 2. The van der Waals surface area contributed by atoms with Crippen molar-refractivity contribution in [1.29, 1.82) is 0 Å². The predicted molar refractivity (Wildman–Crippen MR) is 130 cm³/mol. The molecule has 0 fully saturated rings. The van der Waals surface area contributed by atoms with Gasteiger partial charge >= 0.3 is 0 Å². The summed E-state index contributed by atoms with van der Waals surface area (Å²) < 4.78 is 40.7. The van der Waals surface area contributed by atoms with E-state index in [2.05, 4.69) is 12.2 Å². The first-order chi connectivity index (χ1) is 16.1. The molecule has 1 aliphatic rings. The number of rotatable bonds is 9. The van der Waals surface area contributed by atoms with Crippen LogP contribution < -0.4 is 16.0 Å². The zero-order valence-electron chi connectivity index (χ0n) is 19.0. The highest BCUT2D eigenvalue weighted by Gasteiger charge is 2.37. The average Bonchev–Trinajstić information content (AvgIpc) is 2.85.